The average Bonchev–Trinajstić information content (AvgIpc) is 2.20. The molecule has 0 aromatic heterocycles. The number of nitrogens with one attached hydrogen (secondary N) is 1. The summed E-state index contributed by atoms with van der Waals surface area (Å²) in [7, 11) is 0. The van der Waals surface area contributed by atoms with Crippen molar-refractivity contribution in [1.82, 2.24) is 5.54 Å². The summed E-state index contributed by atoms with van der Waals surface area (Å²) in [6.45, 7) is 2.55. The number of hydrogen-bond acceptors (Lipinski definition) is 1. The van der Waals surface area contributed by atoms with Gasteiger partial charge in [0, 0.05) is 12.2 Å². The largest absolute Gasteiger partial charge is 0.317 e. The molecule has 0 heterocycles. The molecule has 70 valence electrons. The Balaban J connectivity index is 2.85. The third-order valence-electron chi connectivity index (χ3n) is 1.71. The minimum Gasteiger partial charge on any atom is -0.317 e. The zero-order valence-corrected chi connectivity index (χ0v) is 8.14. The molecule has 1 rings (SSSR count). The third-order valence-corrected chi connectivity index (χ3v) is 2.01. The van der Waals surface area contributed by atoms with Crippen LogP contribution in [0.5, 0.6) is 0 Å². The van der Waals surface area contributed by atoms with Gasteiger partial charge in [-0.15, -0.1) is 4.48 Å². The fraction of sp³-hybridized carbons (Fsp3) is 0.222. The normalized spacial score (nSPS) is 9.38. The molecule has 2 nitrogen and oxygen atoms in total. The van der Waals surface area contributed by atoms with Crippen LogP contribution in [0.4, 0.5) is 10.2 Å². The molecule has 0 radical (unpaired) electrons. The van der Waals surface area contributed by atoms with Gasteiger partial charge in [0.05, 0.1) is 0 Å². The monoisotopic (exact) mass is 198 g/mol. The Bertz CT molecular complexity index is 276. The molecule has 0 aliphatic heterocycles. The molecule has 0 amide bonds. The number of benzene rings is 1. The Morgan fingerprint density at radius 3 is 2.54 bits per heavy atom. The maximum absolute atomic E-state index is 12.1. The molecule has 0 aliphatic rings. The minimum atomic E-state index is 0.0914. The number of thiocarbonyl (C=S) groups is 1. The number of para-hydroxylation sites is 1. The molecule has 0 fully saturated rings. The van der Waals surface area contributed by atoms with Gasteiger partial charge < -0.3 is 4.90 Å². The smallest absolute Gasteiger partial charge is 0.201 e. The molecule has 0 atom stereocenters. The summed E-state index contributed by atoms with van der Waals surface area (Å²) in [6.07, 6.45) is 0. The van der Waals surface area contributed by atoms with Crippen LogP contribution < -0.4 is 10.4 Å². The third kappa shape index (κ3) is 2.39. The zero-order valence-electron chi connectivity index (χ0n) is 7.33. The van der Waals surface area contributed by atoms with Crippen LogP contribution in [0.15, 0.2) is 30.3 Å². The van der Waals surface area contributed by atoms with Gasteiger partial charge >= 0.3 is 0 Å². The van der Waals surface area contributed by atoms with Gasteiger partial charge in [0.2, 0.25) is 5.11 Å². The molecular formula is C9H11FN2S. The second kappa shape index (κ2) is 4.77. The second-order valence-corrected chi connectivity index (χ2v) is 2.87. The van der Waals surface area contributed by atoms with E-state index < -0.39 is 0 Å². The van der Waals surface area contributed by atoms with E-state index in [1.807, 2.05) is 37.3 Å². The lowest BCUT2D eigenvalue weighted by Gasteiger charge is -2.21. The molecule has 1 aromatic carbocycles. The van der Waals surface area contributed by atoms with Gasteiger partial charge in [-0.1, -0.05) is 18.2 Å². The van der Waals surface area contributed by atoms with Crippen molar-refractivity contribution in [2.45, 2.75) is 6.92 Å². The highest BCUT2D eigenvalue weighted by molar-refractivity contribution is 7.80. The van der Waals surface area contributed by atoms with Crippen LogP contribution in [0, 0.1) is 0 Å². The summed E-state index contributed by atoms with van der Waals surface area (Å²) in [5, 5.41) is 0.0914. The first-order valence-corrected chi connectivity index (χ1v) is 4.43. The van der Waals surface area contributed by atoms with Crippen LogP contribution in [0.1, 0.15) is 6.92 Å². The van der Waals surface area contributed by atoms with Crippen LogP contribution in [0.2, 0.25) is 0 Å². The van der Waals surface area contributed by atoms with E-state index in [-0.39, 0.29) is 5.11 Å². The Hall–Kier alpha value is -1.16. The fourth-order valence-electron chi connectivity index (χ4n) is 1.10. The summed E-state index contributed by atoms with van der Waals surface area (Å²) < 4.78 is 12.1. The van der Waals surface area contributed by atoms with Crippen LogP contribution in [-0.2, 0) is 0 Å². The van der Waals surface area contributed by atoms with Crippen molar-refractivity contribution in [3.05, 3.63) is 30.3 Å². The maximum Gasteiger partial charge on any atom is 0.201 e. The topological polar surface area (TPSA) is 15.3 Å². The van der Waals surface area contributed by atoms with Crippen molar-refractivity contribution in [3.63, 3.8) is 0 Å². The van der Waals surface area contributed by atoms with Gasteiger partial charge in [-0.05, 0) is 31.3 Å². The van der Waals surface area contributed by atoms with Gasteiger partial charge in [-0.2, -0.15) is 5.54 Å². The highest BCUT2D eigenvalue weighted by atomic mass is 32.1. The van der Waals surface area contributed by atoms with Gasteiger partial charge in [0.1, 0.15) is 0 Å². The first kappa shape index (κ1) is 9.92. The Labute approximate surface area is 82.3 Å². The van der Waals surface area contributed by atoms with E-state index in [9.17, 15) is 4.48 Å². The standard InChI is InChI=1S/C9H11FN2S/c1-2-12(9(13)11-10)8-6-4-3-5-7-8/h3-7H,2H2,1H3,(H,11,13). The van der Waals surface area contributed by atoms with Crippen LogP contribution in [-0.4, -0.2) is 11.7 Å². The van der Waals surface area contributed by atoms with Crippen molar-refractivity contribution in [2.75, 3.05) is 11.4 Å². The van der Waals surface area contributed by atoms with E-state index >= 15 is 0 Å². The molecule has 0 bridgehead atoms. The highest BCUT2D eigenvalue weighted by Gasteiger charge is 2.07. The predicted molar refractivity (Wildman–Crippen MR) is 56.3 cm³/mol. The lowest BCUT2D eigenvalue weighted by molar-refractivity contribution is 0.433. The molecule has 4 heteroatoms. The first-order valence-electron chi connectivity index (χ1n) is 4.02. The lowest BCUT2D eigenvalue weighted by atomic mass is 10.3. The molecule has 0 unspecified atom stereocenters. The predicted octanol–water partition coefficient (Wildman–Crippen LogP) is 2.27. The summed E-state index contributed by atoms with van der Waals surface area (Å²) in [4.78, 5) is 1.68. The summed E-state index contributed by atoms with van der Waals surface area (Å²) in [5.74, 6) is 0. The van der Waals surface area contributed by atoms with Crippen molar-refractivity contribution < 1.29 is 4.48 Å². The van der Waals surface area contributed by atoms with E-state index in [1.165, 1.54) is 5.54 Å². The molecule has 0 aliphatic carbocycles. The maximum atomic E-state index is 12.1. The first-order chi connectivity index (χ1) is 6.29. The minimum absolute atomic E-state index is 0.0914. The Morgan fingerprint density at radius 1 is 1.46 bits per heavy atom. The molecule has 1 N–H and O–H groups in total. The zero-order chi connectivity index (χ0) is 9.68. The van der Waals surface area contributed by atoms with Gasteiger partial charge in [0.25, 0.3) is 0 Å². The van der Waals surface area contributed by atoms with E-state index in [0.29, 0.717) is 6.54 Å². The number of halogens is 1. The van der Waals surface area contributed by atoms with Gasteiger partial charge in [-0.3, -0.25) is 0 Å². The fourth-order valence-corrected chi connectivity index (χ4v) is 1.34. The molecule has 0 saturated carbocycles. The van der Waals surface area contributed by atoms with Crippen LogP contribution in [0.3, 0.4) is 0 Å². The molecular weight excluding hydrogens is 187 g/mol. The van der Waals surface area contributed by atoms with E-state index in [4.69, 9.17) is 12.2 Å². The van der Waals surface area contributed by atoms with Gasteiger partial charge in [-0.25, -0.2) is 0 Å². The Morgan fingerprint density at radius 2 is 2.08 bits per heavy atom. The van der Waals surface area contributed by atoms with Crippen molar-refractivity contribution in [1.29, 1.82) is 0 Å². The van der Waals surface area contributed by atoms with Crippen LogP contribution >= 0.6 is 12.2 Å². The van der Waals surface area contributed by atoms with E-state index in [0.717, 1.165) is 5.69 Å². The molecule has 1 aromatic rings. The van der Waals surface area contributed by atoms with E-state index in [2.05, 4.69) is 0 Å². The molecule has 0 spiro atoms. The second-order valence-electron chi connectivity index (χ2n) is 2.48. The van der Waals surface area contributed by atoms with Gasteiger partial charge in [0.15, 0.2) is 0 Å². The SMILES string of the molecule is CCN(C(=S)NF)c1ccccc1. The highest BCUT2D eigenvalue weighted by Crippen LogP contribution is 2.12. The number of rotatable bonds is 2. The lowest BCUT2D eigenvalue weighted by Crippen LogP contribution is -2.35. The quantitative estimate of drug-likeness (QED) is 0.579. The van der Waals surface area contributed by atoms with Crippen molar-refractivity contribution in [3.8, 4) is 0 Å². The van der Waals surface area contributed by atoms with Crippen LogP contribution in [0.25, 0.3) is 0 Å². The summed E-state index contributed by atoms with van der Waals surface area (Å²) in [6, 6.07) is 9.45. The van der Waals surface area contributed by atoms with Crippen molar-refractivity contribution in [2.24, 2.45) is 0 Å². The molecule has 13 heavy (non-hydrogen) atoms. The summed E-state index contributed by atoms with van der Waals surface area (Å²) >= 11 is 4.80. The number of nitrogens with zero attached hydrogens (tertiary/aromatic N) is 1. The number of hydrogen-bond donors (Lipinski definition) is 1. The van der Waals surface area contributed by atoms with Crippen molar-refractivity contribution >= 4 is 23.0 Å². The van der Waals surface area contributed by atoms with E-state index in [1.54, 1.807) is 4.90 Å². The average molecular weight is 198 g/mol. The number of anilines is 1. The summed E-state index contributed by atoms with van der Waals surface area (Å²) in [5.41, 5.74) is 2.36. The molecule has 0 saturated heterocycles. The Kier molecular flexibility index (Phi) is 3.64.